The minimum atomic E-state index is -0.168. The first-order chi connectivity index (χ1) is 16.5. The van der Waals surface area contributed by atoms with Crippen LogP contribution in [0.4, 0.5) is 5.69 Å². The summed E-state index contributed by atoms with van der Waals surface area (Å²) in [4.78, 5) is 19.6. The van der Waals surface area contributed by atoms with Crippen LogP contribution < -0.4 is 15.0 Å². The van der Waals surface area contributed by atoms with E-state index in [0.717, 1.165) is 36.5 Å². The Labute approximate surface area is 208 Å². The number of benzene rings is 2. The second-order valence-electron chi connectivity index (χ2n) is 8.40. The minimum absolute atomic E-state index is 0.142. The number of rotatable bonds is 6. The third-order valence-electron chi connectivity index (χ3n) is 5.99. The first-order valence-corrected chi connectivity index (χ1v) is 11.9. The van der Waals surface area contributed by atoms with E-state index in [-0.39, 0.29) is 12.0 Å². The van der Waals surface area contributed by atoms with Gasteiger partial charge in [0, 0.05) is 47.5 Å². The molecule has 1 aliphatic heterocycles. The molecular formula is C26H24Cl2N4O2. The number of aromatic nitrogens is 2. The van der Waals surface area contributed by atoms with Crippen LogP contribution in [-0.4, -0.2) is 34.5 Å². The molecule has 5 rings (SSSR count). The molecule has 1 N–H and O–H groups in total. The van der Waals surface area contributed by atoms with Crippen LogP contribution in [-0.2, 0) is 6.54 Å². The summed E-state index contributed by atoms with van der Waals surface area (Å²) in [5.41, 5.74) is 4.02. The lowest BCUT2D eigenvalue weighted by Gasteiger charge is -2.19. The second-order valence-corrected chi connectivity index (χ2v) is 9.27. The van der Waals surface area contributed by atoms with Gasteiger partial charge >= 0.3 is 0 Å². The van der Waals surface area contributed by atoms with Gasteiger partial charge < -0.3 is 15.0 Å². The third kappa shape index (κ3) is 4.83. The fourth-order valence-electron chi connectivity index (χ4n) is 4.27. The van der Waals surface area contributed by atoms with Crippen LogP contribution in [0.25, 0.3) is 5.65 Å². The summed E-state index contributed by atoms with van der Waals surface area (Å²) in [6, 6.07) is 19.2. The van der Waals surface area contributed by atoms with E-state index in [1.54, 1.807) is 22.7 Å². The SMILES string of the molecule is Cc1nc2cc(Cl)ccn2c1C(=O)NCc1ccc(N2CC[C@H](Oc3ccc(Cl)cc3)C2)cc1. The Morgan fingerprint density at radius 3 is 2.62 bits per heavy atom. The lowest BCUT2D eigenvalue weighted by atomic mass is 10.2. The molecule has 2 aromatic carbocycles. The van der Waals surface area contributed by atoms with Crippen molar-refractivity contribution in [3.8, 4) is 5.75 Å². The van der Waals surface area contributed by atoms with E-state index in [4.69, 9.17) is 27.9 Å². The Kier molecular flexibility index (Phi) is 6.35. The number of hydrogen-bond acceptors (Lipinski definition) is 4. The standard InChI is InChI=1S/C26H24Cl2N4O2/c1-17-25(32-13-10-20(28)14-24(32)30-17)26(33)29-15-18-2-6-21(7-3-18)31-12-11-23(16-31)34-22-8-4-19(27)5-9-22/h2-10,13-14,23H,11-12,15-16H2,1H3,(H,29,33)/t23-/m0/s1. The van der Waals surface area contributed by atoms with Crippen molar-refractivity contribution in [1.29, 1.82) is 0 Å². The van der Waals surface area contributed by atoms with Crippen molar-refractivity contribution in [2.75, 3.05) is 18.0 Å². The monoisotopic (exact) mass is 494 g/mol. The van der Waals surface area contributed by atoms with Crippen LogP contribution in [0.3, 0.4) is 0 Å². The molecule has 174 valence electrons. The molecule has 1 saturated heterocycles. The van der Waals surface area contributed by atoms with E-state index in [1.807, 2.05) is 43.3 Å². The van der Waals surface area contributed by atoms with Gasteiger partial charge in [-0.3, -0.25) is 9.20 Å². The number of aryl methyl sites for hydroxylation is 1. The Bertz CT molecular complexity index is 1320. The van der Waals surface area contributed by atoms with E-state index >= 15 is 0 Å². The molecular weight excluding hydrogens is 471 g/mol. The van der Waals surface area contributed by atoms with Crippen LogP contribution in [0.5, 0.6) is 5.75 Å². The van der Waals surface area contributed by atoms with Gasteiger partial charge in [0.25, 0.3) is 5.91 Å². The number of nitrogens with one attached hydrogen (secondary N) is 1. The van der Waals surface area contributed by atoms with Crippen LogP contribution in [0, 0.1) is 6.92 Å². The summed E-state index contributed by atoms with van der Waals surface area (Å²) < 4.78 is 7.85. The molecule has 8 heteroatoms. The number of halogens is 2. The van der Waals surface area contributed by atoms with E-state index in [0.29, 0.717) is 33.6 Å². The third-order valence-corrected chi connectivity index (χ3v) is 6.48. The molecule has 6 nitrogen and oxygen atoms in total. The maximum Gasteiger partial charge on any atom is 0.270 e. The maximum absolute atomic E-state index is 12.8. The van der Waals surface area contributed by atoms with Gasteiger partial charge in [0.2, 0.25) is 0 Å². The quantitative estimate of drug-likeness (QED) is 0.382. The molecule has 0 unspecified atom stereocenters. The normalized spacial score (nSPS) is 15.6. The molecule has 1 fully saturated rings. The molecule has 3 heterocycles. The molecule has 1 atom stereocenters. The number of amides is 1. The highest BCUT2D eigenvalue weighted by Crippen LogP contribution is 2.25. The highest BCUT2D eigenvalue weighted by molar-refractivity contribution is 6.31. The zero-order valence-electron chi connectivity index (χ0n) is 18.7. The predicted octanol–water partition coefficient (Wildman–Crippen LogP) is 5.54. The number of ether oxygens (including phenoxy) is 1. The summed E-state index contributed by atoms with van der Waals surface area (Å²) in [6.07, 6.45) is 2.87. The Morgan fingerprint density at radius 1 is 1.09 bits per heavy atom. The maximum atomic E-state index is 12.8. The van der Waals surface area contributed by atoms with Gasteiger partial charge in [0.05, 0.1) is 12.2 Å². The number of pyridine rings is 1. The van der Waals surface area contributed by atoms with E-state index in [1.165, 1.54) is 0 Å². The van der Waals surface area contributed by atoms with E-state index < -0.39 is 0 Å². The van der Waals surface area contributed by atoms with Crippen molar-refractivity contribution in [3.05, 3.63) is 93.9 Å². The first kappa shape index (κ1) is 22.6. The van der Waals surface area contributed by atoms with Gasteiger partial charge in [-0.05, 0) is 55.0 Å². The smallest absolute Gasteiger partial charge is 0.270 e. The minimum Gasteiger partial charge on any atom is -0.489 e. The molecule has 4 aromatic rings. The van der Waals surface area contributed by atoms with Gasteiger partial charge in [0.15, 0.2) is 0 Å². The zero-order chi connectivity index (χ0) is 23.7. The molecule has 1 amide bonds. The van der Waals surface area contributed by atoms with Crippen LogP contribution >= 0.6 is 23.2 Å². The average Bonchev–Trinajstić information content (AvgIpc) is 3.42. The van der Waals surface area contributed by atoms with Crippen molar-refractivity contribution < 1.29 is 9.53 Å². The second kappa shape index (κ2) is 9.57. The van der Waals surface area contributed by atoms with Crippen molar-refractivity contribution >= 4 is 40.4 Å². The fourth-order valence-corrected chi connectivity index (χ4v) is 4.55. The van der Waals surface area contributed by atoms with Crippen molar-refractivity contribution in [3.63, 3.8) is 0 Å². The molecule has 0 aliphatic carbocycles. The van der Waals surface area contributed by atoms with E-state index in [9.17, 15) is 4.79 Å². The fraction of sp³-hybridized carbons (Fsp3) is 0.231. The highest BCUT2D eigenvalue weighted by atomic mass is 35.5. The summed E-state index contributed by atoms with van der Waals surface area (Å²) in [5, 5.41) is 4.29. The topological polar surface area (TPSA) is 58.9 Å². The van der Waals surface area contributed by atoms with Gasteiger partial charge in [-0.25, -0.2) is 4.98 Å². The van der Waals surface area contributed by atoms with E-state index in [2.05, 4.69) is 27.3 Å². The first-order valence-electron chi connectivity index (χ1n) is 11.1. The Hall–Kier alpha value is -3.22. The summed E-state index contributed by atoms with van der Waals surface area (Å²) in [5.74, 6) is 0.671. The number of hydrogen-bond donors (Lipinski definition) is 1. The van der Waals surface area contributed by atoms with Crippen molar-refractivity contribution in [1.82, 2.24) is 14.7 Å². The van der Waals surface area contributed by atoms with Gasteiger partial charge in [-0.1, -0.05) is 35.3 Å². The predicted molar refractivity (Wildman–Crippen MR) is 135 cm³/mol. The number of carbonyl (C=O) groups is 1. The van der Waals surface area contributed by atoms with Crippen molar-refractivity contribution in [2.45, 2.75) is 26.0 Å². The molecule has 0 saturated carbocycles. The number of carbonyl (C=O) groups excluding carboxylic acids is 1. The highest BCUT2D eigenvalue weighted by Gasteiger charge is 2.24. The number of nitrogens with zero attached hydrogens (tertiary/aromatic N) is 3. The van der Waals surface area contributed by atoms with Crippen molar-refractivity contribution in [2.24, 2.45) is 0 Å². The largest absolute Gasteiger partial charge is 0.489 e. The lowest BCUT2D eigenvalue weighted by Crippen LogP contribution is -2.25. The van der Waals surface area contributed by atoms with Gasteiger partial charge in [-0.2, -0.15) is 0 Å². The molecule has 0 bridgehead atoms. The molecule has 0 spiro atoms. The summed E-state index contributed by atoms with van der Waals surface area (Å²) >= 11 is 12.0. The Morgan fingerprint density at radius 2 is 1.85 bits per heavy atom. The van der Waals surface area contributed by atoms with Gasteiger partial charge in [0.1, 0.15) is 23.2 Å². The summed E-state index contributed by atoms with van der Waals surface area (Å²) in [7, 11) is 0. The van der Waals surface area contributed by atoms with Crippen LogP contribution in [0.1, 0.15) is 28.2 Å². The molecule has 0 radical (unpaired) electrons. The summed E-state index contributed by atoms with van der Waals surface area (Å²) in [6.45, 7) is 4.02. The molecule has 1 aliphatic rings. The Balaban J connectivity index is 1.18. The van der Waals surface area contributed by atoms with Gasteiger partial charge in [-0.15, -0.1) is 0 Å². The average molecular weight is 495 g/mol. The van der Waals surface area contributed by atoms with Crippen LogP contribution in [0.2, 0.25) is 10.0 Å². The number of imidazole rings is 1. The molecule has 2 aromatic heterocycles. The van der Waals surface area contributed by atoms with Crippen LogP contribution in [0.15, 0.2) is 66.9 Å². The number of fused-ring (bicyclic) bond motifs is 1. The number of anilines is 1. The lowest BCUT2D eigenvalue weighted by molar-refractivity contribution is 0.0944. The zero-order valence-corrected chi connectivity index (χ0v) is 20.2. The molecule has 34 heavy (non-hydrogen) atoms.